The van der Waals surface area contributed by atoms with Gasteiger partial charge in [-0.05, 0) is 23.8 Å². The van der Waals surface area contributed by atoms with Crippen LogP contribution < -0.4 is 16.6 Å². The van der Waals surface area contributed by atoms with Gasteiger partial charge in [0.05, 0.1) is 5.52 Å². The fourth-order valence-electron chi connectivity index (χ4n) is 1.96. The normalized spacial score (nSPS) is 10.4. The van der Waals surface area contributed by atoms with Crippen LogP contribution in [-0.4, -0.2) is 15.0 Å². The monoisotopic (exact) mass is 266 g/mol. The number of nitrogen functional groups attached to an aromatic ring is 1. The van der Waals surface area contributed by atoms with Crippen LogP contribution in [0, 0.1) is 0 Å². The molecular formula is C14H14N6. The van der Waals surface area contributed by atoms with Crippen LogP contribution in [0.15, 0.2) is 48.8 Å². The highest BCUT2D eigenvalue weighted by Crippen LogP contribution is 2.21. The summed E-state index contributed by atoms with van der Waals surface area (Å²) in [6.07, 6.45) is 3.57. The summed E-state index contributed by atoms with van der Waals surface area (Å²) in [6, 6.07) is 11.7. The molecule has 0 bridgehead atoms. The van der Waals surface area contributed by atoms with Gasteiger partial charge in [0, 0.05) is 24.3 Å². The third-order valence-electron chi connectivity index (χ3n) is 2.92. The van der Waals surface area contributed by atoms with Crippen LogP contribution in [0.4, 0.5) is 11.8 Å². The molecule has 0 radical (unpaired) electrons. The van der Waals surface area contributed by atoms with Crippen LogP contribution in [0.25, 0.3) is 10.9 Å². The lowest BCUT2D eigenvalue weighted by Gasteiger charge is -2.10. The van der Waals surface area contributed by atoms with Crippen molar-refractivity contribution in [3.05, 3.63) is 54.4 Å². The van der Waals surface area contributed by atoms with Crippen LogP contribution in [0.1, 0.15) is 5.56 Å². The zero-order valence-electron chi connectivity index (χ0n) is 10.7. The first-order chi connectivity index (χ1) is 9.86. The second kappa shape index (κ2) is 5.50. The molecule has 20 heavy (non-hydrogen) atoms. The summed E-state index contributed by atoms with van der Waals surface area (Å²) in [5.74, 6) is 6.53. The zero-order chi connectivity index (χ0) is 13.8. The average Bonchev–Trinajstić information content (AvgIpc) is 2.53. The van der Waals surface area contributed by atoms with Crippen molar-refractivity contribution in [3.8, 4) is 0 Å². The Bertz CT molecular complexity index is 713. The molecule has 0 aliphatic rings. The Morgan fingerprint density at radius 3 is 2.75 bits per heavy atom. The number of hydrazine groups is 1. The maximum atomic E-state index is 5.40. The minimum absolute atomic E-state index is 0.386. The molecule has 2 heterocycles. The van der Waals surface area contributed by atoms with Gasteiger partial charge in [-0.1, -0.05) is 18.2 Å². The van der Waals surface area contributed by atoms with Crippen molar-refractivity contribution in [2.45, 2.75) is 6.54 Å². The summed E-state index contributed by atoms with van der Waals surface area (Å²) in [7, 11) is 0. The van der Waals surface area contributed by atoms with Gasteiger partial charge in [-0.3, -0.25) is 10.4 Å². The van der Waals surface area contributed by atoms with E-state index in [1.807, 2.05) is 42.6 Å². The number of anilines is 2. The minimum atomic E-state index is 0.386. The molecule has 0 aliphatic carbocycles. The van der Waals surface area contributed by atoms with Gasteiger partial charge < -0.3 is 5.32 Å². The first-order valence-electron chi connectivity index (χ1n) is 6.23. The van der Waals surface area contributed by atoms with Gasteiger partial charge in [-0.25, -0.2) is 10.8 Å². The maximum Gasteiger partial charge on any atom is 0.239 e. The van der Waals surface area contributed by atoms with Crippen LogP contribution in [-0.2, 0) is 6.54 Å². The molecule has 0 aliphatic heterocycles. The highest BCUT2D eigenvalue weighted by molar-refractivity contribution is 5.89. The summed E-state index contributed by atoms with van der Waals surface area (Å²) in [5.41, 5.74) is 4.40. The first-order valence-corrected chi connectivity index (χ1v) is 6.23. The van der Waals surface area contributed by atoms with Crippen molar-refractivity contribution < 1.29 is 0 Å². The summed E-state index contributed by atoms with van der Waals surface area (Å²) in [6.45, 7) is 0.638. The van der Waals surface area contributed by atoms with Gasteiger partial charge in [0.25, 0.3) is 0 Å². The molecular weight excluding hydrogens is 252 g/mol. The Labute approximate surface area is 116 Å². The molecule has 1 aromatic carbocycles. The molecule has 6 heteroatoms. The number of hydrogen-bond donors (Lipinski definition) is 3. The molecule has 100 valence electrons. The molecule has 2 aromatic heterocycles. The predicted octanol–water partition coefficient (Wildman–Crippen LogP) is 1.92. The number of nitrogens with one attached hydrogen (secondary N) is 2. The lowest BCUT2D eigenvalue weighted by molar-refractivity contribution is 1.07. The lowest BCUT2D eigenvalue weighted by atomic mass is 10.2. The molecule has 0 amide bonds. The van der Waals surface area contributed by atoms with E-state index in [0.29, 0.717) is 12.5 Å². The smallest absolute Gasteiger partial charge is 0.239 e. The van der Waals surface area contributed by atoms with Crippen molar-refractivity contribution in [1.82, 2.24) is 15.0 Å². The molecule has 3 aromatic rings. The van der Waals surface area contributed by atoms with E-state index in [1.165, 1.54) is 0 Å². The maximum absolute atomic E-state index is 5.40. The van der Waals surface area contributed by atoms with E-state index in [0.717, 1.165) is 22.3 Å². The number of para-hydroxylation sites is 1. The van der Waals surface area contributed by atoms with Crippen molar-refractivity contribution in [2.75, 3.05) is 10.7 Å². The first kappa shape index (κ1) is 12.3. The highest BCUT2D eigenvalue weighted by Gasteiger charge is 2.06. The molecule has 3 rings (SSSR count). The standard InChI is InChI=1S/C14H14N6/c15-20-14-18-12-6-2-1-5-11(12)13(19-14)17-9-10-4-3-7-16-8-10/h1-8H,9,15H2,(H2,17,18,19,20). The number of fused-ring (bicyclic) bond motifs is 1. The fourth-order valence-corrected chi connectivity index (χ4v) is 1.96. The van der Waals surface area contributed by atoms with Crippen molar-refractivity contribution >= 4 is 22.7 Å². The number of rotatable bonds is 4. The third kappa shape index (κ3) is 2.50. The van der Waals surface area contributed by atoms with Gasteiger partial charge in [0.2, 0.25) is 5.95 Å². The number of nitrogens with two attached hydrogens (primary N) is 1. The average molecular weight is 266 g/mol. The number of aromatic nitrogens is 3. The van der Waals surface area contributed by atoms with Gasteiger partial charge in [-0.2, -0.15) is 4.98 Å². The molecule has 0 fully saturated rings. The van der Waals surface area contributed by atoms with Gasteiger partial charge in [-0.15, -0.1) is 0 Å². The van der Waals surface area contributed by atoms with Crippen molar-refractivity contribution in [1.29, 1.82) is 0 Å². The Morgan fingerprint density at radius 1 is 1.05 bits per heavy atom. The van der Waals surface area contributed by atoms with Crippen LogP contribution in [0.5, 0.6) is 0 Å². The van der Waals surface area contributed by atoms with Gasteiger partial charge >= 0.3 is 0 Å². The number of pyridine rings is 1. The highest BCUT2D eigenvalue weighted by atomic mass is 15.3. The van der Waals surface area contributed by atoms with Gasteiger partial charge in [0.1, 0.15) is 5.82 Å². The summed E-state index contributed by atoms with van der Waals surface area (Å²) in [5, 5.41) is 4.25. The number of hydrogen-bond acceptors (Lipinski definition) is 6. The largest absolute Gasteiger partial charge is 0.365 e. The SMILES string of the molecule is NNc1nc(NCc2cccnc2)c2ccccc2n1. The van der Waals surface area contributed by atoms with Crippen molar-refractivity contribution in [3.63, 3.8) is 0 Å². The quantitative estimate of drug-likeness (QED) is 0.494. The van der Waals surface area contributed by atoms with E-state index in [-0.39, 0.29) is 0 Å². The van der Waals surface area contributed by atoms with Crippen LogP contribution in [0.2, 0.25) is 0 Å². The third-order valence-corrected chi connectivity index (χ3v) is 2.92. The topological polar surface area (TPSA) is 88.8 Å². The number of benzene rings is 1. The van der Waals surface area contributed by atoms with E-state index in [9.17, 15) is 0 Å². The Morgan fingerprint density at radius 2 is 1.95 bits per heavy atom. The minimum Gasteiger partial charge on any atom is -0.365 e. The summed E-state index contributed by atoms with van der Waals surface area (Å²) in [4.78, 5) is 12.8. The van der Waals surface area contributed by atoms with Crippen molar-refractivity contribution in [2.24, 2.45) is 5.84 Å². The summed E-state index contributed by atoms with van der Waals surface area (Å²) >= 11 is 0. The van der Waals surface area contributed by atoms with E-state index in [2.05, 4.69) is 25.7 Å². The molecule has 0 atom stereocenters. The molecule has 0 saturated heterocycles. The van der Waals surface area contributed by atoms with E-state index in [4.69, 9.17) is 5.84 Å². The molecule has 0 saturated carbocycles. The zero-order valence-corrected chi connectivity index (χ0v) is 10.7. The molecule has 0 unspecified atom stereocenters. The molecule has 4 N–H and O–H groups in total. The predicted molar refractivity (Wildman–Crippen MR) is 78.9 cm³/mol. The Balaban J connectivity index is 1.93. The number of nitrogens with zero attached hydrogens (tertiary/aromatic N) is 3. The van der Waals surface area contributed by atoms with E-state index >= 15 is 0 Å². The second-order valence-electron chi connectivity index (χ2n) is 4.27. The second-order valence-corrected chi connectivity index (χ2v) is 4.27. The molecule has 6 nitrogen and oxygen atoms in total. The summed E-state index contributed by atoms with van der Waals surface area (Å²) < 4.78 is 0. The Hall–Kier alpha value is -2.73. The van der Waals surface area contributed by atoms with Gasteiger partial charge in [0.15, 0.2) is 0 Å². The van der Waals surface area contributed by atoms with Crippen LogP contribution in [0.3, 0.4) is 0 Å². The molecule has 0 spiro atoms. The van der Waals surface area contributed by atoms with E-state index < -0.39 is 0 Å². The van der Waals surface area contributed by atoms with E-state index in [1.54, 1.807) is 6.20 Å². The fraction of sp³-hybridized carbons (Fsp3) is 0.0714. The Kier molecular flexibility index (Phi) is 3.38. The van der Waals surface area contributed by atoms with Crippen LogP contribution >= 0.6 is 0 Å². The lowest BCUT2D eigenvalue weighted by Crippen LogP contribution is -2.12.